The van der Waals surface area contributed by atoms with Gasteiger partial charge in [0.15, 0.2) is 0 Å². The van der Waals surface area contributed by atoms with Crippen LogP contribution in [0.25, 0.3) is 12.2 Å². The summed E-state index contributed by atoms with van der Waals surface area (Å²) in [6, 6.07) is 14.2. The third-order valence-electron chi connectivity index (χ3n) is 2.47. The summed E-state index contributed by atoms with van der Waals surface area (Å²) in [5.41, 5.74) is 2.09. The zero-order valence-corrected chi connectivity index (χ0v) is 10.4. The van der Waals surface area contributed by atoms with E-state index in [0.29, 0.717) is 0 Å². The Morgan fingerprint density at radius 2 is 1.33 bits per heavy atom. The molecule has 0 aliphatic rings. The summed E-state index contributed by atoms with van der Waals surface area (Å²) in [6.07, 6.45) is 3.87. The molecule has 0 heterocycles. The van der Waals surface area contributed by atoms with Crippen molar-refractivity contribution in [3.05, 3.63) is 69.8 Å². The first-order valence-corrected chi connectivity index (χ1v) is 5.81. The summed E-state index contributed by atoms with van der Waals surface area (Å²) < 4.78 is 0. The van der Waals surface area contributed by atoms with Gasteiger partial charge < -0.3 is 0 Å². The Morgan fingerprint density at radius 3 is 1.78 bits per heavy atom. The number of rotatable bonds is 3. The molecule has 2 rings (SSSR count). The molecule has 0 aliphatic carbocycles. The lowest BCUT2D eigenvalue weighted by Crippen LogP contribution is -1.86. The highest BCUT2D eigenvalue weighted by Gasteiger charge is 2.01. The minimum atomic E-state index is -0.404. The third kappa shape index (κ3) is 3.21. The van der Waals surface area contributed by atoms with Crippen LogP contribution >= 0.6 is 12.6 Å². The molecule has 0 aromatic heterocycles. The van der Waals surface area contributed by atoms with Gasteiger partial charge in [-0.05, 0) is 35.4 Å². The van der Waals surface area contributed by atoms with Crippen LogP contribution in [0, 0.1) is 10.1 Å². The van der Waals surface area contributed by atoms with E-state index in [9.17, 15) is 10.1 Å². The van der Waals surface area contributed by atoms with E-state index in [2.05, 4.69) is 12.6 Å². The lowest BCUT2D eigenvalue weighted by Gasteiger charge is -1.96. The molecule has 0 saturated heterocycles. The fourth-order valence-electron chi connectivity index (χ4n) is 1.49. The highest BCUT2D eigenvalue weighted by molar-refractivity contribution is 7.80. The summed E-state index contributed by atoms with van der Waals surface area (Å²) >= 11 is 4.21. The SMILES string of the molecule is O=[N+]([O-])c1ccc(/C=C/c2ccc(S)cc2)cc1. The van der Waals surface area contributed by atoms with Crippen LogP contribution in [-0.4, -0.2) is 4.92 Å². The van der Waals surface area contributed by atoms with Crippen molar-refractivity contribution in [1.82, 2.24) is 0 Å². The molecule has 0 amide bonds. The van der Waals surface area contributed by atoms with E-state index in [-0.39, 0.29) is 5.69 Å². The summed E-state index contributed by atoms with van der Waals surface area (Å²) in [5, 5.41) is 10.5. The molecule has 3 nitrogen and oxygen atoms in total. The van der Waals surface area contributed by atoms with Crippen LogP contribution in [0.3, 0.4) is 0 Å². The number of nitro groups is 1. The zero-order valence-electron chi connectivity index (χ0n) is 9.48. The van der Waals surface area contributed by atoms with Crippen molar-refractivity contribution in [2.24, 2.45) is 0 Å². The Hall–Kier alpha value is -2.07. The number of benzene rings is 2. The summed E-state index contributed by atoms with van der Waals surface area (Å²) in [6.45, 7) is 0. The number of non-ortho nitro benzene ring substituents is 1. The summed E-state index contributed by atoms with van der Waals surface area (Å²) in [7, 11) is 0. The van der Waals surface area contributed by atoms with Crippen LogP contribution in [-0.2, 0) is 0 Å². The minimum absolute atomic E-state index is 0.103. The molecule has 0 fully saturated rings. The molecular weight excluding hydrogens is 246 g/mol. The van der Waals surface area contributed by atoms with Crippen molar-refractivity contribution in [2.75, 3.05) is 0 Å². The van der Waals surface area contributed by atoms with Crippen LogP contribution in [0.4, 0.5) is 5.69 Å². The summed E-state index contributed by atoms with van der Waals surface area (Å²) in [4.78, 5) is 11.0. The first kappa shape index (κ1) is 12.4. The smallest absolute Gasteiger partial charge is 0.258 e. The largest absolute Gasteiger partial charge is 0.269 e. The van der Waals surface area contributed by atoms with Crippen LogP contribution in [0.15, 0.2) is 53.4 Å². The number of thiol groups is 1. The van der Waals surface area contributed by atoms with Crippen LogP contribution in [0.5, 0.6) is 0 Å². The van der Waals surface area contributed by atoms with E-state index in [1.807, 2.05) is 36.4 Å². The van der Waals surface area contributed by atoms with E-state index in [1.54, 1.807) is 12.1 Å². The Kier molecular flexibility index (Phi) is 3.79. The molecule has 0 unspecified atom stereocenters. The van der Waals surface area contributed by atoms with Crippen molar-refractivity contribution in [3.8, 4) is 0 Å². The second kappa shape index (κ2) is 5.51. The van der Waals surface area contributed by atoms with E-state index in [0.717, 1.165) is 16.0 Å². The molecule has 0 N–H and O–H groups in total. The molecule has 0 saturated carbocycles. The van der Waals surface area contributed by atoms with Gasteiger partial charge >= 0.3 is 0 Å². The molecule has 0 bridgehead atoms. The van der Waals surface area contributed by atoms with Crippen LogP contribution < -0.4 is 0 Å². The Bertz CT molecular complexity index is 574. The van der Waals surface area contributed by atoms with Gasteiger partial charge in [-0.15, -0.1) is 12.6 Å². The van der Waals surface area contributed by atoms with E-state index < -0.39 is 4.92 Å². The fraction of sp³-hybridized carbons (Fsp3) is 0. The second-order valence-corrected chi connectivity index (χ2v) is 4.29. The Labute approximate surface area is 110 Å². The number of hydrogen-bond donors (Lipinski definition) is 1. The normalized spacial score (nSPS) is 10.7. The van der Waals surface area contributed by atoms with Crippen LogP contribution in [0.1, 0.15) is 11.1 Å². The summed E-state index contributed by atoms with van der Waals surface area (Å²) in [5.74, 6) is 0. The van der Waals surface area contributed by atoms with Crippen LogP contribution in [0.2, 0.25) is 0 Å². The van der Waals surface area contributed by atoms with E-state index in [4.69, 9.17) is 0 Å². The Balaban J connectivity index is 2.13. The average molecular weight is 257 g/mol. The number of nitro benzene ring substituents is 1. The van der Waals surface area contributed by atoms with E-state index >= 15 is 0 Å². The fourth-order valence-corrected chi connectivity index (χ4v) is 1.63. The van der Waals surface area contributed by atoms with Gasteiger partial charge in [0.1, 0.15) is 0 Å². The maximum atomic E-state index is 10.5. The molecular formula is C14H11NO2S. The first-order chi connectivity index (χ1) is 8.65. The lowest BCUT2D eigenvalue weighted by molar-refractivity contribution is -0.384. The van der Waals surface area contributed by atoms with Crippen molar-refractivity contribution < 1.29 is 4.92 Å². The van der Waals surface area contributed by atoms with Crippen molar-refractivity contribution >= 4 is 30.5 Å². The van der Waals surface area contributed by atoms with Gasteiger partial charge in [0.05, 0.1) is 4.92 Å². The molecule has 0 aliphatic heterocycles. The molecule has 2 aromatic carbocycles. The maximum absolute atomic E-state index is 10.5. The second-order valence-electron chi connectivity index (χ2n) is 3.77. The van der Waals surface area contributed by atoms with Gasteiger partial charge in [0.2, 0.25) is 0 Å². The first-order valence-electron chi connectivity index (χ1n) is 5.37. The third-order valence-corrected chi connectivity index (χ3v) is 2.76. The Morgan fingerprint density at radius 1 is 0.889 bits per heavy atom. The molecule has 0 radical (unpaired) electrons. The van der Waals surface area contributed by atoms with Gasteiger partial charge in [-0.2, -0.15) is 0 Å². The topological polar surface area (TPSA) is 43.1 Å². The van der Waals surface area contributed by atoms with Gasteiger partial charge in [-0.25, -0.2) is 0 Å². The highest BCUT2D eigenvalue weighted by atomic mass is 32.1. The average Bonchev–Trinajstić information content (AvgIpc) is 2.38. The quantitative estimate of drug-likeness (QED) is 0.390. The van der Waals surface area contributed by atoms with Gasteiger partial charge in [-0.1, -0.05) is 24.3 Å². The molecule has 18 heavy (non-hydrogen) atoms. The van der Waals surface area contributed by atoms with Gasteiger partial charge in [0, 0.05) is 17.0 Å². The molecule has 2 aromatic rings. The van der Waals surface area contributed by atoms with Gasteiger partial charge in [-0.3, -0.25) is 10.1 Å². The number of nitrogens with zero attached hydrogens (tertiary/aromatic N) is 1. The van der Waals surface area contributed by atoms with Gasteiger partial charge in [0.25, 0.3) is 5.69 Å². The predicted octanol–water partition coefficient (Wildman–Crippen LogP) is 4.05. The number of hydrogen-bond acceptors (Lipinski definition) is 3. The highest BCUT2D eigenvalue weighted by Crippen LogP contribution is 2.15. The van der Waals surface area contributed by atoms with Crippen molar-refractivity contribution in [3.63, 3.8) is 0 Å². The molecule has 4 heteroatoms. The molecule has 90 valence electrons. The monoisotopic (exact) mass is 257 g/mol. The molecule has 0 atom stereocenters. The predicted molar refractivity (Wildman–Crippen MR) is 75.7 cm³/mol. The maximum Gasteiger partial charge on any atom is 0.269 e. The zero-order chi connectivity index (χ0) is 13.0. The standard InChI is InChI=1S/C14H11NO2S/c16-15(17)13-7-3-11(4-8-13)1-2-12-5-9-14(18)10-6-12/h1-10,18H/b2-1+. The van der Waals surface area contributed by atoms with E-state index in [1.165, 1.54) is 12.1 Å². The lowest BCUT2D eigenvalue weighted by atomic mass is 10.1. The van der Waals surface area contributed by atoms with Crippen molar-refractivity contribution in [2.45, 2.75) is 4.90 Å². The molecule has 0 spiro atoms. The van der Waals surface area contributed by atoms with Crippen molar-refractivity contribution in [1.29, 1.82) is 0 Å². The minimum Gasteiger partial charge on any atom is -0.258 e.